The van der Waals surface area contributed by atoms with Crippen LogP contribution in [0, 0.1) is 0 Å². The molecule has 0 spiro atoms. The summed E-state index contributed by atoms with van der Waals surface area (Å²) >= 11 is 0. The van der Waals surface area contributed by atoms with E-state index in [-0.39, 0.29) is 17.9 Å². The van der Waals surface area contributed by atoms with Gasteiger partial charge in [-0.25, -0.2) is 4.79 Å². The number of esters is 1. The van der Waals surface area contributed by atoms with Crippen molar-refractivity contribution in [2.24, 2.45) is 0 Å². The SMILES string of the molecule is CCOC(=O)c1ccc(-c2cccnc2)c(=O)[nH]1. The lowest BCUT2D eigenvalue weighted by Gasteiger charge is -2.03. The van der Waals surface area contributed by atoms with Gasteiger partial charge in [0.2, 0.25) is 0 Å². The van der Waals surface area contributed by atoms with Crippen molar-refractivity contribution >= 4 is 5.97 Å². The molecule has 0 saturated heterocycles. The molecule has 0 radical (unpaired) electrons. The van der Waals surface area contributed by atoms with E-state index in [0.717, 1.165) is 0 Å². The molecule has 0 unspecified atom stereocenters. The lowest BCUT2D eigenvalue weighted by Crippen LogP contribution is -2.16. The molecule has 0 amide bonds. The molecule has 1 N–H and O–H groups in total. The summed E-state index contributed by atoms with van der Waals surface area (Å²) in [6.07, 6.45) is 3.22. The predicted molar refractivity (Wildman–Crippen MR) is 66.3 cm³/mol. The third kappa shape index (κ3) is 2.45. The van der Waals surface area contributed by atoms with E-state index in [0.29, 0.717) is 11.1 Å². The van der Waals surface area contributed by atoms with Crippen LogP contribution >= 0.6 is 0 Å². The smallest absolute Gasteiger partial charge is 0.354 e. The molecule has 18 heavy (non-hydrogen) atoms. The van der Waals surface area contributed by atoms with Gasteiger partial charge in [-0.2, -0.15) is 0 Å². The van der Waals surface area contributed by atoms with Crippen LogP contribution in [0.3, 0.4) is 0 Å². The largest absolute Gasteiger partial charge is 0.461 e. The van der Waals surface area contributed by atoms with Gasteiger partial charge >= 0.3 is 5.97 Å². The van der Waals surface area contributed by atoms with E-state index in [1.165, 1.54) is 6.07 Å². The summed E-state index contributed by atoms with van der Waals surface area (Å²) in [6.45, 7) is 1.98. The first-order valence-corrected chi connectivity index (χ1v) is 5.53. The highest BCUT2D eigenvalue weighted by molar-refractivity contribution is 5.87. The highest BCUT2D eigenvalue weighted by Gasteiger charge is 2.10. The Morgan fingerprint density at radius 2 is 2.22 bits per heavy atom. The number of ether oxygens (including phenoxy) is 1. The monoisotopic (exact) mass is 244 g/mol. The number of hydrogen-bond acceptors (Lipinski definition) is 4. The average molecular weight is 244 g/mol. The lowest BCUT2D eigenvalue weighted by atomic mass is 10.1. The highest BCUT2D eigenvalue weighted by atomic mass is 16.5. The Morgan fingerprint density at radius 3 is 2.83 bits per heavy atom. The van der Waals surface area contributed by atoms with Gasteiger partial charge in [-0.15, -0.1) is 0 Å². The maximum atomic E-state index is 11.9. The van der Waals surface area contributed by atoms with Crippen molar-refractivity contribution in [3.05, 3.63) is 52.7 Å². The number of aromatic nitrogens is 2. The summed E-state index contributed by atoms with van der Waals surface area (Å²) in [6, 6.07) is 6.64. The van der Waals surface area contributed by atoms with Crippen LogP contribution in [0.2, 0.25) is 0 Å². The number of carbonyl (C=O) groups excluding carboxylic acids is 1. The Labute approximate surface area is 103 Å². The molecule has 0 atom stereocenters. The molecule has 0 aromatic carbocycles. The topological polar surface area (TPSA) is 72.0 Å². The summed E-state index contributed by atoms with van der Waals surface area (Å²) in [5.41, 5.74) is 0.980. The minimum atomic E-state index is -0.535. The van der Waals surface area contributed by atoms with Crippen LogP contribution in [0.5, 0.6) is 0 Å². The Hall–Kier alpha value is -2.43. The second kappa shape index (κ2) is 5.27. The van der Waals surface area contributed by atoms with Crippen LogP contribution in [0.25, 0.3) is 11.1 Å². The van der Waals surface area contributed by atoms with Crippen molar-refractivity contribution in [1.29, 1.82) is 0 Å². The molecule has 0 aliphatic carbocycles. The second-order valence-electron chi connectivity index (χ2n) is 3.58. The van der Waals surface area contributed by atoms with Gasteiger partial charge in [0, 0.05) is 23.5 Å². The zero-order valence-corrected chi connectivity index (χ0v) is 9.84. The first-order chi connectivity index (χ1) is 8.72. The summed E-state index contributed by atoms with van der Waals surface area (Å²) in [5.74, 6) is -0.535. The first kappa shape index (κ1) is 12.0. The van der Waals surface area contributed by atoms with E-state index >= 15 is 0 Å². The normalized spacial score (nSPS) is 10.1. The highest BCUT2D eigenvalue weighted by Crippen LogP contribution is 2.12. The molecule has 0 bridgehead atoms. The van der Waals surface area contributed by atoms with Crippen molar-refractivity contribution in [2.45, 2.75) is 6.92 Å². The van der Waals surface area contributed by atoms with Gasteiger partial charge in [0.15, 0.2) is 0 Å². The summed E-state index contributed by atoms with van der Waals surface area (Å²) in [5, 5.41) is 0. The third-order valence-corrected chi connectivity index (χ3v) is 2.38. The van der Waals surface area contributed by atoms with Crippen molar-refractivity contribution < 1.29 is 9.53 Å². The van der Waals surface area contributed by atoms with Crippen LogP contribution < -0.4 is 5.56 Å². The molecule has 0 aliphatic heterocycles. The average Bonchev–Trinajstić information content (AvgIpc) is 2.40. The number of carbonyl (C=O) groups is 1. The van der Waals surface area contributed by atoms with Gasteiger partial charge in [0.25, 0.3) is 5.56 Å². The van der Waals surface area contributed by atoms with Gasteiger partial charge in [-0.3, -0.25) is 9.78 Å². The van der Waals surface area contributed by atoms with Crippen LogP contribution in [-0.2, 0) is 4.74 Å². The van der Waals surface area contributed by atoms with Gasteiger partial charge in [0.05, 0.1) is 6.61 Å². The quantitative estimate of drug-likeness (QED) is 0.832. The molecule has 0 fully saturated rings. The fourth-order valence-electron chi connectivity index (χ4n) is 1.55. The standard InChI is InChI=1S/C13H12N2O3/c1-2-18-13(17)11-6-5-10(12(16)15-11)9-4-3-7-14-8-9/h3-8H,2H2,1H3,(H,15,16). The van der Waals surface area contributed by atoms with Crippen LogP contribution in [0.4, 0.5) is 0 Å². The van der Waals surface area contributed by atoms with E-state index in [1.807, 2.05) is 0 Å². The first-order valence-electron chi connectivity index (χ1n) is 5.53. The molecule has 0 aliphatic rings. The molecule has 2 heterocycles. The number of nitrogens with one attached hydrogen (secondary N) is 1. The summed E-state index contributed by atoms with van der Waals surface area (Å²) in [7, 11) is 0. The molecule has 2 rings (SSSR count). The fraction of sp³-hybridized carbons (Fsp3) is 0.154. The van der Waals surface area contributed by atoms with Gasteiger partial charge in [-0.05, 0) is 25.1 Å². The van der Waals surface area contributed by atoms with E-state index < -0.39 is 5.97 Å². The molecular weight excluding hydrogens is 232 g/mol. The molecule has 2 aromatic rings. The number of hydrogen-bond donors (Lipinski definition) is 1. The number of nitrogens with zero attached hydrogens (tertiary/aromatic N) is 1. The molecule has 5 nitrogen and oxygen atoms in total. The zero-order chi connectivity index (χ0) is 13.0. The number of pyridine rings is 2. The molecular formula is C13H12N2O3. The van der Waals surface area contributed by atoms with E-state index in [1.54, 1.807) is 37.5 Å². The van der Waals surface area contributed by atoms with Crippen LogP contribution in [0.1, 0.15) is 17.4 Å². The van der Waals surface area contributed by atoms with E-state index in [2.05, 4.69) is 9.97 Å². The van der Waals surface area contributed by atoms with Crippen molar-refractivity contribution in [3.8, 4) is 11.1 Å². The Bertz CT molecular complexity index is 605. The van der Waals surface area contributed by atoms with Crippen molar-refractivity contribution in [1.82, 2.24) is 9.97 Å². The van der Waals surface area contributed by atoms with Crippen molar-refractivity contribution in [2.75, 3.05) is 6.61 Å². The van der Waals surface area contributed by atoms with Gasteiger partial charge in [0.1, 0.15) is 5.69 Å². The molecule has 2 aromatic heterocycles. The van der Waals surface area contributed by atoms with Crippen molar-refractivity contribution in [3.63, 3.8) is 0 Å². The van der Waals surface area contributed by atoms with Crippen LogP contribution in [-0.4, -0.2) is 22.5 Å². The maximum absolute atomic E-state index is 11.9. The lowest BCUT2D eigenvalue weighted by molar-refractivity contribution is 0.0519. The number of aromatic amines is 1. The Morgan fingerprint density at radius 1 is 1.39 bits per heavy atom. The number of rotatable bonds is 3. The van der Waals surface area contributed by atoms with Gasteiger partial charge in [-0.1, -0.05) is 6.07 Å². The number of H-pyrrole nitrogens is 1. The van der Waals surface area contributed by atoms with Gasteiger partial charge < -0.3 is 9.72 Å². The molecule has 5 heteroatoms. The fourth-order valence-corrected chi connectivity index (χ4v) is 1.55. The molecule has 92 valence electrons. The van der Waals surface area contributed by atoms with E-state index in [4.69, 9.17) is 4.74 Å². The minimum Gasteiger partial charge on any atom is -0.461 e. The summed E-state index contributed by atoms with van der Waals surface area (Å²) < 4.78 is 4.81. The Kier molecular flexibility index (Phi) is 3.52. The zero-order valence-electron chi connectivity index (χ0n) is 9.84. The predicted octanol–water partition coefficient (Wildman–Crippen LogP) is 1.61. The Balaban J connectivity index is 2.38. The third-order valence-electron chi connectivity index (χ3n) is 2.38. The summed E-state index contributed by atoms with van der Waals surface area (Å²) in [4.78, 5) is 29.7. The van der Waals surface area contributed by atoms with E-state index in [9.17, 15) is 9.59 Å². The molecule has 0 saturated carbocycles. The second-order valence-corrected chi connectivity index (χ2v) is 3.58. The maximum Gasteiger partial charge on any atom is 0.354 e. The van der Waals surface area contributed by atoms with Crippen LogP contribution in [0.15, 0.2) is 41.5 Å². The minimum absolute atomic E-state index is 0.148.